The lowest BCUT2D eigenvalue weighted by Gasteiger charge is -2.16. The molecule has 0 radical (unpaired) electrons. The van der Waals surface area contributed by atoms with Crippen LogP contribution in [0.1, 0.15) is 25.8 Å². The molecule has 0 bridgehead atoms. The molecule has 2 N–H and O–H groups in total. The maximum atomic E-state index is 12.2. The van der Waals surface area contributed by atoms with Crippen LogP contribution in [0, 0.1) is 0 Å². The van der Waals surface area contributed by atoms with Crippen molar-refractivity contribution in [1.29, 1.82) is 0 Å². The van der Waals surface area contributed by atoms with Crippen LogP contribution in [-0.2, 0) is 22.6 Å². The van der Waals surface area contributed by atoms with Gasteiger partial charge >= 0.3 is 5.69 Å². The van der Waals surface area contributed by atoms with Gasteiger partial charge in [0.1, 0.15) is 0 Å². The monoisotopic (exact) mass is 362 g/mol. The first-order valence-corrected chi connectivity index (χ1v) is 9.11. The molecule has 1 heterocycles. The van der Waals surface area contributed by atoms with Gasteiger partial charge in [-0.15, -0.1) is 5.10 Å². The highest BCUT2D eigenvalue weighted by atomic mass is 32.2. The minimum atomic E-state index is -0.562. The number of carbonyl (C=O) groups excluding carboxylic acids is 2. The molecule has 0 aliphatic carbocycles. The second-order valence-electron chi connectivity index (χ2n) is 5.67. The number of hydrogen-bond acceptors (Lipinski definition) is 5. The highest BCUT2D eigenvalue weighted by Gasteiger charge is 2.18. The van der Waals surface area contributed by atoms with Crippen molar-refractivity contribution in [2.75, 3.05) is 5.75 Å². The van der Waals surface area contributed by atoms with Gasteiger partial charge in [0.25, 0.3) is 0 Å². The van der Waals surface area contributed by atoms with Gasteiger partial charge in [-0.05, 0) is 25.3 Å². The van der Waals surface area contributed by atoms with E-state index < -0.39 is 6.04 Å². The second kappa shape index (κ2) is 9.22. The van der Waals surface area contributed by atoms with Crippen LogP contribution in [-0.4, -0.2) is 38.2 Å². The van der Waals surface area contributed by atoms with Gasteiger partial charge in [-0.1, -0.05) is 49.0 Å². The molecule has 7 nitrogen and oxygen atoms in total. The van der Waals surface area contributed by atoms with Crippen molar-refractivity contribution in [1.82, 2.24) is 20.1 Å². The maximum Gasteiger partial charge on any atom is 0.343 e. The zero-order chi connectivity index (χ0) is 18.2. The van der Waals surface area contributed by atoms with Crippen LogP contribution < -0.4 is 11.0 Å². The summed E-state index contributed by atoms with van der Waals surface area (Å²) in [6.45, 7) is 3.97. The van der Waals surface area contributed by atoms with Crippen molar-refractivity contribution in [3.63, 3.8) is 0 Å². The molecule has 0 spiro atoms. The molecule has 1 atom stereocenters. The normalized spacial score (nSPS) is 11.9. The number of ketones is 1. The van der Waals surface area contributed by atoms with Crippen LogP contribution in [0.3, 0.4) is 0 Å². The highest BCUT2D eigenvalue weighted by molar-refractivity contribution is 7.99. The van der Waals surface area contributed by atoms with Crippen LogP contribution >= 0.6 is 11.8 Å². The van der Waals surface area contributed by atoms with Crippen LogP contribution in [0.25, 0.3) is 0 Å². The molecule has 0 saturated heterocycles. The van der Waals surface area contributed by atoms with Gasteiger partial charge in [0, 0.05) is 6.54 Å². The molecule has 1 aromatic heterocycles. The molecule has 134 valence electrons. The average molecular weight is 362 g/mol. The Hall–Kier alpha value is -2.35. The maximum absolute atomic E-state index is 12.2. The Labute approximate surface area is 150 Å². The molecule has 1 amide bonds. The van der Waals surface area contributed by atoms with E-state index in [1.54, 1.807) is 0 Å². The Balaban J connectivity index is 1.93. The number of Topliss-reactive ketones (excluding diaryl/α,β-unsaturated/α-hetero) is 1. The third kappa shape index (κ3) is 5.60. The summed E-state index contributed by atoms with van der Waals surface area (Å²) in [5.41, 5.74) is 0.704. The number of hydrogen-bond donors (Lipinski definition) is 2. The SMILES string of the molecule is CCCn1c(SCC(=O)N[C@H](Cc2ccccc2)C(C)=O)n[nH]c1=O. The number of aromatic nitrogens is 3. The van der Waals surface area contributed by atoms with E-state index in [1.165, 1.54) is 23.3 Å². The lowest BCUT2D eigenvalue weighted by Crippen LogP contribution is -2.42. The summed E-state index contributed by atoms with van der Waals surface area (Å²) >= 11 is 1.17. The molecule has 0 fully saturated rings. The minimum Gasteiger partial charge on any atom is -0.345 e. The second-order valence-corrected chi connectivity index (χ2v) is 6.61. The Morgan fingerprint density at radius 3 is 2.68 bits per heavy atom. The lowest BCUT2D eigenvalue weighted by atomic mass is 10.0. The fourth-order valence-electron chi connectivity index (χ4n) is 2.35. The number of amides is 1. The minimum absolute atomic E-state index is 0.0899. The van der Waals surface area contributed by atoms with E-state index >= 15 is 0 Å². The Morgan fingerprint density at radius 1 is 1.32 bits per heavy atom. The van der Waals surface area contributed by atoms with E-state index in [9.17, 15) is 14.4 Å². The van der Waals surface area contributed by atoms with Crippen molar-refractivity contribution in [2.24, 2.45) is 0 Å². The standard InChI is InChI=1S/C17H22N4O3S/c1-3-9-21-16(24)19-20-17(21)25-11-15(23)18-14(12(2)22)10-13-7-5-4-6-8-13/h4-8,14H,3,9-11H2,1-2H3,(H,18,23)(H,19,24)/t14-/m1/s1. The number of carbonyl (C=O) groups is 2. The van der Waals surface area contributed by atoms with Crippen molar-refractivity contribution >= 4 is 23.5 Å². The van der Waals surface area contributed by atoms with E-state index in [2.05, 4.69) is 15.5 Å². The van der Waals surface area contributed by atoms with E-state index in [4.69, 9.17) is 0 Å². The third-order valence-corrected chi connectivity index (χ3v) is 4.59. The van der Waals surface area contributed by atoms with E-state index in [0.29, 0.717) is 18.1 Å². The fraction of sp³-hybridized carbons (Fsp3) is 0.412. The molecular weight excluding hydrogens is 340 g/mol. The van der Waals surface area contributed by atoms with Gasteiger partial charge in [0.2, 0.25) is 5.91 Å². The topological polar surface area (TPSA) is 96.8 Å². The van der Waals surface area contributed by atoms with Crippen LogP contribution in [0.2, 0.25) is 0 Å². The first-order chi connectivity index (χ1) is 12.0. The van der Waals surface area contributed by atoms with E-state index in [0.717, 1.165) is 12.0 Å². The summed E-state index contributed by atoms with van der Waals surface area (Å²) < 4.78 is 1.50. The van der Waals surface area contributed by atoms with Gasteiger partial charge in [-0.2, -0.15) is 0 Å². The zero-order valence-corrected chi connectivity index (χ0v) is 15.1. The predicted molar refractivity (Wildman–Crippen MR) is 96.6 cm³/mol. The Bertz CT molecular complexity index is 770. The number of H-pyrrole nitrogens is 1. The molecule has 1 aromatic carbocycles. The first kappa shape index (κ1) is 19.0. The molecule has 8 heteroatoms. The van der Waals surface area contributed by atoms with Gasteiger partial charge < -0.3 is 5.32 Å². The number of rotatable bonds is 9. The van der Waals surface area contributed by atoms with Gasteiger partial charge in [-0.3, -0.25) is 14.2 Å². The molecule has 0 unspecified atom stereocenters. The molecule has 2 aromatic rings. The smallest absolute Gasteiger partial charge is 0.343 e. The summed E-state index contributed by atoms with van der Waals surface area (Å²) in [6, 6.07) is 8.98. The van der Waals surface area contributed by atoms with Crippen molar-refractivity contribution in [2.45, 2.75) is 44.4 Å². The predicted octanol–water partition coefficient (Wildman–Crippen LogP) is 1.39. The number of nitrogens with one attached hydrogen (secondary N) is 2. The average Bonchev–Trinajstić information content (AvgIpc) is 2.94. The van der Waals surface area contributed by atoms with Crippen molar-refractivity contribution in [3.05, 3.63) is 46.4 Å². The molecule has 0 aliphatic heterocycles. The summed E-state index contributed by atoms with van der Waals surface area (Å²) in [4.78, 5) is 35.6. The Kier molecular flexibility index (Phi) is 7.00. The molecule has 0 saturated carbocycles. The Morgan fingerprint density at radius 2 is 2.04 bits per heavy atom. The van der Waals surface area contributed by atoms with Crippen LogP contribution in [0.4, 0.5) is 0 Å². The molecular formula is C17H22N4O3S. The van der Waals surface area contributed by atoms with E-state index in [1.807, 2.05) is 37.3 Å². The van der Waals surface area contributed by atoms with Crippen molar-refractivity contribution < 1.29 is 9.59 Å². The highest BCUT2D eigenvalue weighted by Crippen LogP contribution is 2.13. The van der Waals surface area contributed by atoms with Gasteiger partial charge in [0.15, 0.2) is 10.9 Å². The number of aromatic amines is 1. The quantitative estimate of drug-likeness (QED) is 0.657. The van der Waals surface area contributed by atoms with Crippen molar-refractivity contribution in [3.8, 4) is 0 Å². The summed E-state index contributed by atoms with van der Waals surface area (Å²) in [7, 11) is 0. The summed E-state index contributed by atoms with van der Waals surface area (Å²) in [6.07, 6.45) is 1.25. The first-order valence-electron chi connectivity index (χ1n) is 8.13. The fourth-order valence-corrected chi connectivity index (χ4v) is 3.13. The zero-order valence-electron chi connectivity index (χ0n) is 14.3. The lowest BCUT2D eigenvalue weighted by molar-refractivity contribution is -0.125. The molecule has 0 aliphatic rings. The van der Waals surface area contributed by atoms with E-state index in [-0.39, 0.29) is 23.1 Å². The number of benzene rings is 1. The van der Waals surface area contributed by atoms with Gasteiger partial charge in [0.05, 0.1) is 11.8 Å². The summed E-state index contributed by atoms with van der Waals surface area (Å²) in [5.74, 6) is -0.267. The number of thioether (sulfide) groups is 1. The number of nitrogens with zero attached hydrogens (tertiary/aromatic N) is 2. The molecule has 2 rings (SSSR count). The molecule has 25 heavy (non-hydrogen) atoms. The van der Waals surface area contributed by atoms with Crippen LogP contribution in [0.15, 0.2) is 40.3 Å². The van der Waals surface area contributed by atoms with Gasteiger partial charge in [-0.25, -0.2) is 9.89 Å². The largest absolute Gasteiger partial charge is 0.345 e. The van der Waals surface area contributed by atoms with Crippen LogP contribution in [0.5, 0.6) is 0 Å². The third-order valence-electron chi connectivity index (χ3n) is 3.61. The summed E-state index contributed by atoms with van der Waals surface area (Å²) in [5, 5.41) is 9.55.